The number of carbonyl (C=O) groups excluding carboxylic acids is 1. The predicted octanol–water partition coefficient (Wildman–Crippen LogP) is 0.726. The van der Waals surface area contributed by atoms with Gasteiger partial charge in [-0.15, -0.1) is 5.10 Å². The minimum absolute atomic E-state index is 0.172. The van der Waals surface area contributed by atoms with E-state index in [9.17, 15) is 4.79 Å². The summed E-state index contributed by atoms with van der Waals surface area (Å²) in [4.78, 5) is 12.5. The lowest BCUT2D eigenvalue weighted by atomic mass is 10.2. The molecule has 2 heterocycles. The van der Waals surface area contributed by atoms with E-state index in [-0.39, 0.29) is 5.91 Å². The van der Waals surface area contributed by atoms with Crippen LogP contribution in [-0.2, 0) is 13.0 Å². The Morgan fingerprint density at radius 3 is 3.11 bits per heavy atom. The molecule has 0 unspecified atom stereocenters. The molecule has 2 rings (SSSR count). The predicted molar refractivity (Wildman–Crippen MR) is 68.1 cm³/mol. The van der Waals surface area contributed by atoms with Gasteiger partial charge in [-0.1, -0.05) is 17.8 Å². The molecule has 0 saturated carbocycles. The van der Waals surface area contributed by atoms with Gasteiger partial charge in [0, 0.05) is 12.1 Å². The molecule has 4 N–H and O–H groups in total. The maximum absolute atomic E-state index is 12.0. The Morgan fingerprint density at radius 1 is 1.61 bits per heavy atom. The van der Waals surface area contributed by atoms with E-state index in [1.807, 2.05) is 6.92 Å². The second-order valence-electron chi connectivity index (χ2n) is 3.79. The number of aromatic amines is 1. The number of hydrogen-bond acceptors (Lipinski definition) is 6. The third kappa shape index (κ3) is 2.65. The van der Waals surface area contributed by atoms with Crippen molar-refractivity contribution in [2.45, 2.75) is 26.3 Å². The standard InChI is InChI=1S/C10H14N6OS/c1-2-3-7-8(18-16-14-7)10(17)12-4-6-5-13-15-9(6)11/h5H,2-4H2,1H3,(H,12,17)(H3,11,13,15). The number of anilines is 1. The van der Waals surface area contributed by atoms with Crippen molar-refractivity contribution in [1.29, 1.82) is 0 Å². The molecule has 0 radical (unpaired) electrons. The number of nitrogen functional groups attached to an aromatic ring is 1. The van der Waals surface area contributed by atoms with Crippen LogP contribution in [0.3, 0.4) is 0 Å². The molecule has 96 valence electrons. The zero-order valence-electron chi connectivity index (χ0n) is 9.93. The van der Waals surface area contributed by atoms with Crippen molar-refractivity contribution in [2.75, 3.05) is 5.73 Å². The van der Waals surface area contributed by atoms with Crippen LogP contribution < -0.4 is 11.1 Å². The molecule has 2 aromatic heterocycles. The van der Waals surface area contributed by atoms with Crippen LogP contribution in [0.15, 0.2) is 6.20 Å². The summed E-state index contributed by atoms with van der Waals surface area (Å²) in [6, 6.07) is 0. The molecule has 0 aliphatic carbocycles. The van der Waals surface area contributed by atoms with Crippen molar-refractivity contribution in [3.63, 3.8) is 0 Å². The molecule has 7 nitrogen and oxygen atoms in total. The van der Waals surface area contributed by atoms with Crippen LogP contribution in [0, 0.1) is 0 Å². The molecule has 0 aliphatic heterocycles. The Kier molecular flexibility index (Phi) is 3.88. The summed E-state index contributed by atoms with van der Waals surface area (Å²) in [5, 5.41) is 13.1. The second kappa shape index (κ2) is 5.58. The van der Waals surface area contributed by atoms with Crippen LogP contribution in [0.25, 0.3) is 0 Å². The molecular formula is C10H14N6OS. The van der Waals surface area contributed by atoms with E-state index in [0.29, 0.717) is 17.2 Å². The topological polar surface area (TPSA) is 110 Å². The van der Waals surface area contributed by atoms with Crippen LogP contribution in [-0.4, -0.2) is 25.7 Å². The highest BCUT2D eigenvalue weighted by molar-refractivity contribution is 7.08. The minimum Gasteiger partial charge on any atom is -0.384 e. The fourth-order valence-corrected chi connectivity index (χ4v) is 2.12. The Balaban J connectivity index is 1.99. The number of aryl methyl sites for hydroxylation is 1. The first-order valence-corrected chi connectivity index (χ1v) is 6.36. The fourth-order valence-electron chi connectivity index (χ4n) is 1.50. The van der Waals surface area contributed by atoms with Gasteiger partial charge < -0.3 is 11.1 Å². The Bertz CT molecular complexity index is 534. The van der Waals surface area contributed by atoms with Gasteiger partial charge in [0.2, 0.25) is 0 Å². The maximum Gasteiger partial charge on any atom is 0.265 e. The van der Waals surface area contributed by atoms with Gasteiger partial charge in [-0.25, -0.2) is 0 Å². The van der Waals surface area contributed by atoms with Gasteiger partial charge in [0.15, 0.2) is 0 Å². The Labute approximate surface area is 108 Å². The van der Waals surface area contributed by atoms with Crippen molar-refractivity contribution in [3.8, 4) is 0 Å². The van der Waals surface area contributed by atoms with E-state index in [2.05, 4.69) is 25.1 Å². The summed E-state index contributed by atoms with van der Waals surface area (Å²) in [7, 11) is 0. The molecule has 0 spiro atoms. The summed E-state index contributed by atoms with van der Waals surface area (Å²) in [6.45, 7) is 2.37. The first-order valence-electron chi connectivity index (χ1n) is 5.59. The molecule has 18 heavy (non-hydrogen) atoms. The van der Waals surface area contributed by atoms with Gasteiger partial charge in [0.25, 0.3) is 5.91 Å². The lowest BCUT2D eigenvalue weighted by Crippen LogP contribution is -2.23. The number of nitrogens with two attached hydrogens (primary N) is 1. The molecule has 0 saturated heterocycles. The minimum atomic E-state index is -0.172. The summed E-state index contributed by atoms with van der Waals surface area (Å²) < 4.78 is 3.81. The van der Waals surface area contributed by atoms with Gasteiger partial charge in [-0.3, -0.25) is 9.89 Å². The fraction of sp³-hybridized carbons (Fsp3) is 0.400. The van der Waals surface area contributed by atoms with Crippen molar-refractivity contribution >= 4 is 23.3 Å². The van der Waals surface area contributed by atoms with E-state index in [0.717, 1.165) is 35.6 Å². The van der Waals surface area contributed by atoms with Crippen LogP contribution in [0.2, 0.25) is 0 Å². The summed E-state index contributed by atoms with van der Waals surface area (Å²) >= 11 is 1.11. The molecule has 0 aromatic carbocycles. The van der Waals surface area contributed by atoms with Gasteiger partial charge in [-0.2, -0.15) is 5.10 Å². The van der Waals surface area contributed by atoms with E-state index < -0.39 is 0 Å². The first kappa shape index (κ1) is 12.5. The van der Waals surface area contributed by atoms with E-state index in [1.165, 1.54) is 0 Å². The van der Waals surface area contributed by atoms with Crippen molar-refractivity contribution in [2.24, 2.45) is 0 Å². The lowest BCUT2D eigenvalue weighted by Gasteiger charge is -2.03. The Morgan fingerprint density at radius 2 is 2.44 bits per heavy atom. The van der Waals surface area contributed by atoms with Crippen LogP contribution >= 0.6 is 11.5 Å². The zero-order valence-corrected chi connectivity index (χ0v) is 10.8. The highest BCUT2D eigenvalue weighted by atomic mass is 32.1. The molecule has 0 aliphatic rings. The van der Waals surface area contributed by atoms with Crippen molar-refractivity contribution in [3.05, 3.63) is 22.3 Å². The quantitative estimate of drug-likeness (QED) is 0.739. The average molecular weight is 266 g/mol. The largest absolute Gasteiger partial charge is 0.384 e. The number of H-pyrrole nitrogens is 1. The normalized spacial score (nSPS) is 10.5. The summed E-state index contributed by atoms with van der Waals surface area (Å²) in [6.07, 6.45) is 3.28. The summed E-state index contributed by atoms with van der Waals surface area (Å²) in [5.74, 6) is 0.292. The van der Waals surface area contributed by atoms with Gasteiger partial charge in [0.05, 0.1) is 11.9 Å². The third-order valence-corrected chi connectivity index (χ3v) is 3.21. The number of amides is 1. The van der Waals surface area contributed by atoms with Crippen LogP contribution in [0.5, 0.6) is 0 Å². The SMILES string of the molecule is CCCc1nnsc1C(=O)NCc1cn[nH]c1N. The zero-order chi connectivity index (χ0) is 13.0. The smallest absolute Gasteiger partial charge is 0.265 e. The third-order valence-electron chi connectivity index (χ3n) is 2.44. The monoisotopic (exact) mass is 266 g/mol. The van der Waals surface area contributed by atoms with E-state index >= 15 is 0 Å². The Hall–Kier alpha value is -1.96. The molecule has 8 heteroatoms. The lowest BCUT2D eigenvalue weighted by molar-refractivity contribution is 0.0954. The highest BCUT2D eigenvalue weighted by Gasteiger charge is 2.15. The number of hydrogen-bond donors (Lipinski definition) is 3. The number of rotatable bonds is 5. The molecule has 0 bridgehead atoms. The number of aromatic nitrogens is 4. The molecule has 1 amide bonds. The summed E-state index contributed by atoms with van der Waals surface area (Å²) in [5.41, 5.74) is 7.14. The number of nitrogens with one attached hydrogen (secondary N) is 2. The molecule has 2 aromatic rings. The van der Waals surface area contributed by atoms with Crippen LogP contribution in [0.1, 0.15) is 34.3 Å². The first-order chi connectivity index (χ1) is 8.72. The maximum atomic E-state index is 12.0. The van der Waals surface area contributed by atoms with Gasteiger partial charge in [-0.05, 0) is 18.0 Å². The molecular weight excluding hydrogens is 252 g/mol. The number of carbonyl (C=O) groups is 1. The van der Waals surface area contributed by atoms with Crippen molar-refractivity contribution in [1.82, 2.24) is 25.1 Å². The van der Waals surface area contributed by atoms with Gasteiger partial charge in [0.1, 0.15) is 10.7 Å². The van der Waals surface area contributed by atoms with Crippen LogP contribution in [0.4, 0.5) is 5.82 Å². The van der Waals surface area contributed by atoms with Gasteiger partial charge >= 0.3 is 0 Å². The highest BCUT2D eigenvalue weighted by Crippen LogP contribution is 2.13. The van der Waals surface area contributed by atoms with Crippen molar-refractivity contribution < 1.29 is 4.79 Å². The average Bonchev–Trinajstić information content (AvgIpc) is 2.96. The van der Waals surface area contributed by atoms with E-state index in [1.54, 1.807) is 6.20 Å². The molecule has 0 atom stereocenters. The molecule has 0 fully saturated rings. The second-order valence-corrected chi connectivity index (χ2v) is 4.54. The van der Waals surface area contributed by atoms with E-state index in [4.69, 9.17) is 5.73 Å². The number of nitrogens with zero attached hydrogens (tertiary/aromatic N) is 3.